The van der Waals surface area contributed by atoms with Crippen molar-refractivity contribution in [2.45, 2.75) is 6.54 Å². The predicted molar refractivity (Wildman–Crippen MR) is 110 cm³/mol. The number of rotatable bonds is 5. The number of nitrogen functional groups attached to an aromatic ring is 1. The van der Waals surface area contributed by atoms with Gasteiger partial charge in [0.2, 0.25) is 0 Å². The number of nitrogens with two attached hydrogens (primary N) is 1. The van der Waals surface area contributed by atoms with Gasteiger partial charge in [-0.05, 0) is 53.9 Å². The van der Waals surface area contributed by atoms with E-state index in [4.69, 9.17) is 5.73 Å². The van der Waals surface area contributed by atoms with Gasteiger partial charge in [0.25, 0.3) is 11.8 Å². The number of amides is 2. The number of aromatic amines is 1. The zero-order valence-electron chi connectivity index (χ0n) is 14.7. The van der Waals surface area contributed by atoms with Crippen LogP contribution in [0.4, 0.5) is 11.5 Å². The van der Waals surface area contributed by atoms with Gasteiger partial charge in [-0.3, -0.25) is 14.7 Å². The minimum Gasteiger partial charge on any atom is -0.399 e. The van der Waals surface area contributed by atoms with Crippen LogP contribution in [0.5, 0.6) is 0 Å². The molecule has 0 saturated heterocycles. The fraction of sp³-hybridized carbons (Fsp3) is 0.0500. The van der Waals surface area contributed by atoms with Gasteiger partial charge < -0.3 is 16.4 Å². The maximum Gasteiger partial charge on any atom is 0.256 e. The third-order valence-corrected chi connectivity index (χ3v) is 5.11. The Morgan fingerprint density at radius 2 is 1.82 bits per heavy atom. The fourth-order valence-corrected chi connectivity index (χ4v) is 3.39. The van der Waals surface area contributed by atoms with E-state index in [1.165, 1.54) is 0 Å². The second kappa shape index (κ2) is 7.53. The van der Waals surface area contributed by atoms with Crippen LogP contribution in [0.1, 0.15) is 25.6 Å². The van der Waals surface area contributed by atoms with Crippen LogP contribution in [-0.2, 0) is 6.54 Å². The molecule has 28 heavy (non-hydrogen) atoms. The normalized spacial score (nSPS) is 10.7. The molecule has 0 fully saturated rings. The van der Waals surface area contributed by atoms with Crippen LogP contribution in [0, 0.1) is 0 Å². The Balaban J connectivity index is 1.53. The van der Waals surface area contributed by atoms with Crippen molar-refractivity contribution in [2.24, 2.45) is 0 Å². The number of H-pyrrole nitrogens is 1. The van der Waals surface area contributed by atoms with Crippen molar-refractivity contribution in [1.82, 2.24) is 15.5 Å². The van der Waals surface area contributed by atoms with Gasteiger partial charge >= 0.3 is 0 Å². The molecule has 0 aliphatic heterocycles. The monoisotopic (exact) mass is 391 g/mol. The number of nitrogens with one attached hydrogen (secondary N) is 3. The number of fused-ring (bicyclic) bond motifs is 1. The molecule has 2 aromatic heterocycles. The molecular formula is C20H17N5O2S. The molecule has 2 aromatic carbocycles. The summed E-state index contributed by atoms with van der Waals surface area (Å²) in [4.78, 5) is 26.0. The molecule has 2 amide bonds. The summed E-state index contributed by atoms with van der Waals surface area (Å²) >= 11 is 1.59. The first kappa shape index (κ1) is 17.7. The number of anilines is 2. The number of hydrogen-bond donors (Lipinski definition) is 4. The first-order valence-electron chi connectivity index (χ1n) is 8.56. The van der Waals surface area contributed by atoms with Gasteiger partial charge in [-0.15, -0.1) is 11.3 Å². The molecule has 140 valence electrons. The summed E-state index contributed by atoms with van der Waals surface area (Å²) in [6, 6.07) is 15.7. The number of carbonyl (C=O) groups is 2. The van der Waals surface area contributed by atoms with Gasteiger partial charge in [0, 0.05) is 27.1 Å². The average Bonchev–Trinajstić information content (AvgIpc) is 3.36. The molecule has 5 N–H and O–H groups in total. The van der Waals surface area contributed by atoms with E-state index in [1.54, 1.807) is 53.8 Å². The molecule has 0 bridgehead atoms. The van der Waals surface area contributed by atoms with E-state index >= 15 is 0 Å². The lowest BCUT2D eigenvalue weighted by Crippen LogP contribution is -2.22. The zero-order valence-corrected chi connectivity index (χ0v) is 15.5. The first-order chi connectivity index (χ1) is 13.6. The van der Waals surface area contributed by atoms with Crippen LogP contribution in [0.25, 0.3) is 10.9 Å². The highest BCUT2D eigenvalue weighted by Gasteiger charge is 2.14. The maximum absolute atomic E-state index is 12.5. The summed E-state index contributed by atoms with van der Waals surface area (Å²) in [6.45, 7) is 0.473. The van der Waals surface area contributed by atoms with Crippen molar-refractivity contribution in [3.8, 4) is 0 Å². The van der Waals surface area contributed by atoms with Crippen LogP contribution < -0.4 is 16.4 Å². The van der Waals surface area contributed by atoms with Crippen molar-refractivity contribution < 1.29 is 9.59 Å². The van der Waals surface area contributed by atoms with Crippen molar-refractivity contribution in [2.75, 3.05) is 11.1 Å². The third kappa shape index (κ3) is 3.72. The molecule has 2 heterocycles. The van der Waals surface area contributed by atoms with E-state index in [0.29, 0.717) is 34.6 Å². The number of carbonyl (C=O) groups excluding carboxylic acids is 2. The second-order valence-corrected chi connectivity index (χ2v) is 7.20. The Morgan fingerprint density at radius 1 is 1.04 bits per heavy atom. The number of nitrogens with zero attached hydrogens (tertiary/aromatic N) is 1. The standard InChI is InChI=1S/C20H17N5O2S/c21-14-6-3-12(4-7-14)20(27)23-18-16-10-13(5-8-17(16)24-25-18)19(26)22-11-15-2-1-9-28-15/h1-10H,11,21H2,(H,22,26)(H2,23,24,25,27). The molecule has 0 aliphatic rings. The fourth-order valence-electron chi connectivity index (χ4n) is 2.75. The number of thiophene rings is 1. The summed E-state index contributed by atoms with van der Waals surface area (Å²) in [5.74, 6) is -0.127. The topological polar surface area (TPSA) is 113 Å². The molecule has 8 heteroatoms. The van der Waals surface area contributed by atoms with Gasteiger partial charge in [-0.1, -0.05) is 6.07 Å². The van der Waals surface area contributed by atoms with E-state index in [-0.39, 0.29) is 11.8 Å². The van der Waals surface area contributed by atoms with Crippen molar-refractivity contribution >= 4 is 45.6 Å². The number of hydrogen-bond acceptors (Lipinski definition) is 5. The van der Waals surface area contributed by atoms with Gasteiger partial charge in [0.1, 0.15) is 0 Å². The van der Waals surface area contributed by atoms with Crippen molar-refractivity contribution in [3.63, 3.8) is 0 Å². The lowest BCUT2D eigenvalue weighted by atomic mass is 10.1. The van der Waals surface area contributed by atoms with E-state index in [1.807, 2.05) is 17.5 Å². The Kier molecular flexibility index (Phi) is 4.77. The molecule has 0 aliphatic carbocycles. The van der Waals surface area contributed by atoms with Crippen molar-refractivity contribution in [1.29, 1.82) is 0 Å². The quantitative estimate of drug-likeness (QED) is 0.391. The highest BCUT2D eigenvalue weighted by atomic mass is 32.1. The predicted octanol–water partition coefficient (Wildman–Crippen LogP) is 3.39. The molecule has 7 nitrogen and oxygen atoms in total. The third-order valence-electron chi connectivity index (χ3n) is 4.23. The Labute approximate surface area is 164 Å². The molecular weight excluding hydrogens is 374 g/mol. The summed E-state index contributed by atoms with van der Waals surface area (Å²) in [5, 5.41) is 15.3. The first-order valence-corrected chi connectivity index (χ1v) is 9.44. The molecule has 0 unspecified atom stereocenters. The van der Waals surface area contributed by atoms with Crippen LogP contribution in [0.3, 0.4) is 0 Å². The maximum atomic E-state index is 12.5. The van der Waals surface area contributed by atoms with Crippen molar-refractivity contribution in [3.05, 3.63) is 76.0 Å². The van der Waals surface area contributed by atoms with E-state index in [2.05, 4.69) is 20.8 Å². The van der Waals surface area contributed by atoms with Gasteiger partial charge in [0.05, 0.1) is 12.1 Å². The van der Waals surface area contributed by atoms with E-state index < -0.39 is 0 Å². The molecule has 0 radical (unpaired) electrons. The zero-order chi connectivity index (χ0) is 19.5. The van der Waals surface area contributed by atoms with Crippen LogP contribution >= 0.6 is 11.3 Å². The van der Waals surface area contributed by atoms with Crippen LogP contribution in [0.2, 0.25) is 0 Å². The molecule has 4 rings (SSSR count). The lowest BCUT2D eigenvalue weighted by Gasteiger charge is -2.05. The molecule has 0 spiro atoms. The van der Waals surface area contributed by atoms with Crippen LogP contribution in [-0.4, -0.2) is 22.0 Å². The van der Waals surface area contributed by atoms with E-state index in [0.717, 1.165) is 10.4 Å². The lowest BCUT2D eigenvalue weighted by molar-refractivity contribution is 0.0950. The molecule has 0 atom stereocenters. The van der Waals surface area contributed by atoms with Gasteiger partial charge in [0.15, 0.2) is 5.82 Å². The van der Waals surface area contributed by atoms with Gasteiger partial charge in [-0.25, -0.2) is 0 Å². The number of aromatic nitrogens is 2. The molecule has 4 aromatic rings. The Bertz CT molecular complexity index is 1130. The summed E-state index contributed by atoms with van der Waals surface area (Å²) in [7, 11) is 0. The summed E-state index contributed by atoms with van der Waals surface area (Å²) < 4.78 is 0. The Morgan fingerprint density at radius 3 is 2.57 bits per heavy atom. The number of benzene rings is 2. The summed E-state index contributed by atoms with van der Waals surface area (Å²) in [5.41, 5.74) is 7.92. The minimum absolute atomic E-state index is 0.188. The Hall–Kier alpha value is -3.65. The van der Waals surface area contributed by atoms with E-state index in [9.17, 15) is 9.59 Å². The highest BCUT2D eigenvalue weighted by Crippen LogP contribution is 2.23. The summed E-state index contributed by atoms with van der Waals surface area (Å²) in [6.07, 6.45) is 0. The smallest absolute Gasteiger partial charge is 0.256 e. The van der Waals surface area contributed by atoms with Gasteiger partial charge in [-0.2, -0.15) is 5.10 Å². The highest BCUT2D eigenvalue weighted by molar-refractivity contribution is 7.09. The minimum atomic E-state index is -0.305. The largest absolute Gasteiger partial charge is 0.399 e. The SMILES string of the molecule is Nc1ccc(C(=O)Nc2n[nH]c3ccc(C(=O)NCc4cccs4)cc23)cc1. The average molecular weight is 391 g/mol. The molecule has 0 saturated carbocycles. The second-order valence-electron chi connectivity index (χ2n) is 6.17. The van der Waals surface area contributed by atoms with Crippen LogP contribution in [0.15, 0.2) is 60.0 Å².